The molecule has 1 aromatic heterocycles. The Hall–Kier alpha value is -2.83. The van der Waals surface area contributed by atoms with E-state index in [0.29, 0.717) is 29.1 Å². The predicted octanol–water partition coefficient (Wildman–Crippen LogP) is 2.14. The Bertz CT molecular complexity index is 748. The van der Waals surface area contributed by atoms with Gasteiger partial charge in [0.2, 0.25) is 5.91 Å². The van der Waals surface area contributed by atoms with Crippen molar-refractivity contribution >= 4 is 5.91 Å². The van der Waals surface area contributed by atoms with Crippen LogP contribution in [-0.2, 0) is 24.4 Å². The molecule has 26 heavy (non-hydrogen) atoms. The van der Waals surface area contributed by atoms with Crippen LogP contribution in [0.25, 0.3) is 0 Å². The minimum absolute atomic E-state index is 0.0708. The maximum atomic E-state index is 12.8. The predicted molar refractivity (Wildman–Crippen MR) is 96.6 cm³/mol. The molecule has 0 spiro atoms. The van der Waals surface area contributed by atoms with Gasteiger partial charge in [0.25, 0.3) is 11.6 Å². The molecule has 0 bridgehead atoms. The highest BCUT2D eigenvalue weighted by Gasteiger charge is 2.27. The maximum absolute atomic E-state index is 12.8. The van der Waals surface area contributed by atoms with E-state index < -0.39 is 0 Å². The minimum Gasteiger partial charge on any atom is -0.616 e. The van der Waals surface area contributed by atoms with E-state index in [0.717, 1.165) is 5.56 Å². The Morgan fingerprint density at radius 1 is 1.31 bits per heavy atom. The zero-order valence-electron chi connectivity index (χ0n) is 15.6. The third-order valence-corrected chi connectivity index (χ3v) is 3.68. The summed E-state index contributed by atoms with van der Waals surface area (Å²) in [5.41, 5.74) is 1.72. The summed E-state index contributed by atoms with van der Waals surface area (Å²) in [5.74, 6) is 0.353. The molecule has 7 nitrogen and oxygen atoms in total. The highest BCUT2D eigenvalue weighted by Crippen LogP contribution is 2.23. The Labute approximate surface area is 153 Å². The lowest BCUT2D eigenvalue weighted by Gasteiger charge is -2.16. The van der Waals surface area contributed by atoms with Crippen molar-refractivity contribution in [2.24, 2.45) is 5.92 Å². The molecule has 2 aromatic rings. The molecule has 0 fully saturated rings. The first-order chi connectivity index (χ1) is 12.4. The number of methoxy groups -OCH3 is 1. The van der Waals surface area contributed by atoms with Crippen LogP contribution >= 0.6 is 0 Å². The second-order valence-corrected chi connectivity index (χ2v) is 6.40. The van der Waals surface area contributed by atoms with E-state index >= 15 is 0 Å². The molecule has 1 aromatic carbocycles. The van der Waals surface area contributed by atoms with E-state index in [1.54, 1.807) is 0 Å². The fraction of sp³-hybridized carbons (Fsp3) is 0.421. The van der Waals surface area contributed by atoms with Crippen LogP contribution in [0.5, 0.6) is 11.8 Å². The molecule has 7 heteroatoms. The van der Waals surface area contributed by atoms with Crippen LogP contribution in [-0.4, -0.2) is 18.0 Å². The molecule has 0 atom stereocenters. The number of rotatable bonds is 8. The smallest absolute Gasteiger partial charge is 0.403 e. The first-order valence-corrected chi connectivity index (χ1v) is 8.52. The Balaban J connectivity index is 2.38. The SMILES string of the molecule is COc1c(CNC(C)=O)nc(OCc2ccccc2)c(CC(C)C)[n+]1[O-]. The molecular weight excluding hydrogens is 334 g/mol. The van der Waals surface area contributed by atoms with Gasteiger partial charge in [-0.05, 0) is 11.5 Å². The molecule has 0 saturated heterocycles. The van der Waals surface area contributed by atoms with Gasteiger partial charge in [-0.1, -0.05) is 44.2 Å². The largest absolute Gasteiger partial charge is 0.616 e. The number of nitrogens with zero attached hydrogens (tertiary/aromatic N) is 2. The monoisotopic (exact) mass is 359 g/mol. The molecule has 0 unspecified atom stereocenters. The Morgan fingerprint density at radius 3 is 2.58 bits per heavy atom. The van der Waals surface area contributed by atoms with Crippen molar-refractivity contribution < 1.29 is 19.0 Å². The van der Waals surface area contributed by atoms with Gasteiger partial charge in [0.05, 0.1) is 13.7 Å². The Kier molecular flexibility index (Phi) is 6.77. The van der Waals surface area contributed by atoms with Crippen LogP contribution in [0.3, 0.4) is 0 Å². The number of hydrogen-bond donors (Lipinski definition) is 1. The van der Waals surface area contributed by atoms with Gasteiger partial charge in [0.1, 0.15) is 6.61 Å². The van der Waals surface area contributed by atoms with E-state index in [1.165, 1.54) is 14.0 Å². The number of benzene rings is 1. The van der Waals surface area contributed by atoms with Gasteiger partial charge >= 0.3 is 5.88 Å². The second kappa shape index (κ2) is 9.03. The second-order valence-electron chi connectivity index (χ2n) is 6.40. The first kappa shape index (κ1) is 19.5. The van der Waals surface area contributed by atoms with Gasteiger partial charge in [-0.3, -0.25) is 4.79 Å². The molecular formula is C19H25N3O4. The van der Waals surface area contributed by atoms with Gasteiger partial charge in [-0.25, -0.2) is 4.98 Å². The molecule has 2 rings (SSSR count). The lowest BCUT2D eigenvalue weighted by molar-refractivity contribution is -0.622. The quantitative estimate of drug-likeness (QED) is 0.576. The number of aromatic nitrogens is 2. The zero-order chi connectivity index (χ0) is 19.1. The average Bonchev–Trinajstić information content (AvgIpc) is 2.61. The van der Waals surface area contributed by atoms with E-state index in [2.05, 4.69) is 10.3 Å². The summed E-state index contributed by atoms with van der Waals surface area (Å²) >= 11 is 0. The first-order valence-electron chi connectivity index (χ1n) is 8.52. The topological polar surface area (TPSA) is 87.4 Å². The van der Waals surface area contributed by atoms with E-state index in [4.69, 9.17) is 9.47 Å². The van der Waals surface area contributed by atoms with Gasteiger partial charge in [0.15, 0.2) is 5.69 Å². The zero-order valence-corrected chi connectivity index (χ0v) is 15.6. The number of hydrogen-bond acceptors (Lipinski definition) is 5. The van der Waals surface area contributed by atoms with E-state index in [9.17, 15) is 10.0 Å². The number of nitrogens with one attached hydrogen (secondary N) is 1. The maximum Gasteiger partial charge on any atom is 0.403 e. The van der Waals surface area contributed by atoms with Crippen molar-refractivity contribution in [2.45, 2.75) is 40.3 Å². The number of ether oxygens (including phenoxy) is 2. The number of carbonyl (C=O) groups excluding carboxylic acids is 1. The van der Waals surface area contributed by atoms with Crippen LogP contribution in [0.2, 0.25) is 0 Å². The molecule has 1 N–H and O–H groups in total. The highest BCUT2D eigenvalue weighted by atomic mass is 16.5. The summed E-state index contributed by atoms with van der Waals surface area (Å²) < 4.78 is 11.8. The molecule has 0 saturated carbocycles. The third-order valence-electron chi connectivity index (χ3n) is 3.68. The average molecular weight is 359 g/mol. The summed E-state index contributed by atoms with van der Waals surface area (Å²) in [5, 5.41) is 15.4. The normalized spacial score (nSPS) is 10.7. The molecule has 0 radical (unpaired) electrons. The Morgan fingerprint density at radius 2 is 2.00 bits per heavy atom. The molecule has 0 aliphatic rings. The van der Waals surface area contributed by atoms with E-state index in [-0.39, 0.29) is 30.1 Å². The van der Waals surface area contributed by atoms with Crippen molar-refractivity contribution in [2.75, 3.05) is 7.11 Å². The van der Waals surface area contributed by atoms with Crippen molar-refractivity contribution in [3.63, 3.8) is 0 Å². The molecule has 1 amide bonds. The van der Waals surface area contributed by atoms with Gasteiger partial charge < -0.3 is 20.0 Å². The standard InChI is InChI=1S/C19H25N3O4/c1-13(2)10-17-18(26-12-15-8-6-5-7-9-15)21-16(11-20-14(3)23)19(25-4)22(17)24/h5-9,13H,10-12H2,1-4H3,(H,20,23). The van der Waals surface area contributed by atoms with Crippen molar-refractivity contribution in [3.05, 3.63) is 52.5 Å². The summed E-state index contributed by atoms with van der Waals surface area (Å²) in [4.78, 5) is 15.7. The van der Waals surface area contributed by atoms with Gasteiger partial charge in [-0.15, -0.1) is 4.73 Å². The van der Waals surface area contributed by atoms with Crippen LogP contribution in [0.15, 0.2) is 30.3 Å². The molecule has 1 heterocycles. The van der Waals surface area contributed by atoms with Crippen molar-refractivity contribution in [3.8, 4) is 11.8 Å². The van der Waals surface area contributed by atoms with Gasteiger partial charge in [0, 0.05) is 13.3 Å². The van der Waals surface area contributed by atoms with Crippen molar-refractivity contribution in [1.82, 2.24) is 10.3 Å². The lowest BCUT2D eigenvalue weighted by Crippen LogP contribution is -2.38. The highest BCUT2D eigenvalue weighted by molar-refractivity contribution is 5.72. The number of amides is 1. The third kappa shape index (κ3) is 5.08. The fourth-order valence-corrected chi connectivity index (χ4v) is 2.48. The van der Waals surface area contributed by atoms with Gasteiger partial charge in [-0.2, -0.15) is 0 Å². The van der Waals surface area contributed by atoms with Crippen molar-refractivity contribution in [1.29, 1.82) is 0 Å². The van der Waals surface area contributed by atoms with Crippen LogP contribution in [0.1, 0.15) is 37.7 Å². The fourth-order valence-electron chi connectivity index (χ4n) is 2.48. The summed E-state index contributed by atoms with van der Waals surface area (Å²) in [6.07, 6.45) is 0.497. The van der Waals surface area contributed by atoms with Crippen LogP contribution in [0, 0.1) is 11.1 Å². The summed E-state index contributed by atoms with van der Waals surface area (Å²) in [6.45, 7) is 5.81. The summed E-state index contributed by atoms with van der Waals surface area (Å²) in [6, 6.07) is 9.65. The van der Waals surface area contributed by atoms with E-state index in [1.807, 2.05) is 44.2 Å². The molecule has 140 valence electrons. The van der Waals surface area contributed by atoms with Crippen LogP contribution < -0.4 is 19.5 Å². The van der Waals surface area contributed by atoms with Crippen LogP contribution in [0.4, 0.5) is 0 Å². The number of carbonyl (C=O) groups is 1. The lowest BCUT2D eigenvalue weighted by atomic mass is 10.1. The molecule has 0 aliphatic heterocycles. The summed E-state index contributed by atoms with van der Waals surface area (Å²) in [7, 11) is 1.41. The molecule has 0 aliphatic carbocycles. The minimum atomic E-state index is -0.218.